The van der Waals surface area contributed by atoms with Crippen LogP contribution in [0.3, 0.4) is 0 Å². The Kier molecular flexibility index (Phi) is 1.86. The standard InChI is InChI=1S/C8H11N3S/c1-2-6(9)7-5-11-3-4-12-8(11)10-7/h3-6H,2,9H2,1H3/t6-/m0/s1. The Labute approximate surface area is 74.8 Å². The molecule has 64 valence electrons. The second kappa shape index (κ2) is 2.88. The number of rotatable bonds is 2. The molecule has 0 spiro atoms. The van der Waals surface area contributed by atoms with Gasteiger partial charge >= 0.3 is 0 Å². The van der Waals surface area contributed by atoms with Crippen molar-refractivity contribution in [3.05, 3.63) is 23.5 Å². The average molecular weight is 181 g/mol. The summed E-state index contributed by atoms with van der Waals surface area (Å²) in [6, 6.07) is 0.0806. The lowest BCUT2D eigenvalue weighted by molar-refractivity contribution is 0.681. The molecule has 0 aromatic carbocycles. The third-order valence-corrected chi connectivity index (χ3v) is 2.70. The first kappa shape index (κ1) is 7.76. The van der Waals surface area contributed by atoms with Crippen molar-refractivity contribution in [3.8, 4) is 0 Å². The number of nitrogens with two attached hydrogens (primary N) is 1. The maximum Gasteiger partial charge on any atom is 0.193 e. The van der Waals surface area contributed by atoms with Crippen LogP contribution in [0, 0.1) is 0 Å². The Morgan fingerprint density at radius 1 is 1.75 bits per heavy atom. The minimum atomic E-state index is 0.0806. The number of thiazole rings is 1. The quantitative estimate of drug-likeness (QED) is 0.767. The molecule has 0 aliphatic carbocycles. The van der Waals surface area contributed by atoms with Gasteiger partial charge in [-0.1, -0.05) is 6.92 Å². The Balaban J connectivity index is 2.44. The van der Waals surface area contributed by atoms with Gasteiger partial charge in [-0.25, -0.2) is 4.98 Å². The van der Waals surface area contributed by atoms with Gasteiger partial charge in [0, 0.05) is 23.8 Å². The highest BCUT2D eigenvalue weighted by molar-refractivity contribution is 7.15. The molecule has 2 aromatic rings. The molecule has 0 unspecified atom stereocenters. The maximum absolute atomic E-state index is 5.85. The first-order valence-electron chi connectivity index (χ1n) is 3.99. The molecule has 0 fully saturated rings. The number of hydrogen-bond donors (Lipinski definition) is 1. The molecule has 0 saturated carbocycles. The van der Waals surface area contributed by atoms with Crippen LogP contribution in [0.5, 0.6) is 0 Å². The Bertz CT molecular complexity index is 348. The minimum absolute atomic E-state index is 0.0806. The molecule has 0 aliphatic heterocycles. The van der Waals surface area contributed by atoms with Gasteiger partial charge in [0.2, 0.25) is 0 Å². The highest BCUT2D eigenvalue weighted by Gasteiger charge is 2.08. The molecule has 12 heavy (non-hydrogen) atoms. The summed E-state index contributed by atoms with van der Waals surface area (Å²) >= 11 is 1.63. The second-order valence-electron chi connectivity index (χ2n) is 2.77. The predicted molar refractivity (Wildman–Crippen MR) is 50.3 cm³/mol. The van der Waals surface area contributed by atoms with Crippen LogP contribution >= 0.6 is 11.3 Å². The van der Waals surface area contributed by atoms with Crippen molar-refractivity contribution in [2.45, 2.75) is 19.4 Å². The van der Waals surface area contributed by atoms with Crippen molar-refractivity contribution in [3.63, 3.8) is 0 Å². The molecule has 0 radical (unpaired) electrons. The van der Waals surface area contributed by atoms with E-state index in [9.17, 15) is 0 Å². The molecule has 3 nitrogen and oxygen atoms in total. The summed E-state index contributed by atoms with van der Waals surface area (Å²) in [5.41, 5.74) is 6.84. The van der Waals surface area contributed by atoms with Crippen molar-refractivity contribution >= 4 is 16.3 Å². The molecule has 4 heteroatoms. The zero-order valence-corrected chi connectivity index (χ0v) is 7.71. The van der Waals surface area contributed by atoms with E-state index in [1.165, 1.54) is 0 Å². The fraction of sp³-hybridized carbons (Fsp3) is 0.375. The van der Waals surface area contributed by atoms with Crippen molar-refractivity contribution in [2.24, 2.45) is 5.73 Å². The predicted octanol–water partition coefficient (Wildman–Crippen LogP) is 1.81. The lowest BCUT2D eigenvalue weighted by Crippen LogP contribution is -2.08. The normalized spacial score (nSPS) is 13.8. The van der Waals surface area contributed by atoms with Crippen LogP contribution in [0.1, 0.15) is 25.1 Å². The average Bonchev–Trinajstić information content (AvgIpc) is 2.60. The van der Waals surface area contributed by atoms with Gasteiger partial charge in [-0.15, -0.1) is 11.3 Å². The van der Waals surface area contributed by atoms with Crippen molar-refractivity contribution in [2.75, 3.05) is 0 Å². The zero-order chi connectivity index (χ0) is 8.55. The molecular formula is C8H11N3S. The van der Waals surface area contributed by atoms with Crippen LogP contribution in [0.4, 0.5) is 0 Å². The highest BCUT2D eigenvalue weighted by atomic mass is 32.1. The lowest BCUT2D eigenvalue weighted by atomic mass is 10.2. The van der Waals surface area contributed by atoms with Gasteiger partial charge in [-0.2, -0.15) is 0 Å². The van der Waals surface area contributed by atoms with Gasteiger partial charge in [0.1, 0.15) is 0 Å². The summed E-state index contributed by atoms with van der Waals surface area (Å²) in [7, 11) is 0. The smallest absolute Gasteiger partial charge is 0.193 e. The summed E-state index contributed by atoms with van der Waals surface area (Å²) < 4.78 is 2.01. The van der Waals surface area contributed by atoms with E-state index < -0.39 is 0 Å². The van der Waals surface area contributed by atoms with Gasteiger partial charge in [0.05, 0.1) is 5.69 Å². The minimum Gasteiger partial charge on any atom is -0.323 e. The number of fused-ring (bicyclic) bond motifs is 1. The van der Waals surface area contributed by atoms with Crippen LogP contribution in [0.25, 0.3) is 4.96 Å². The Hall–Kier alpha value is -0.870. The summed E-state index contributed by atoms with van der Waals surface area (Å²) in [6.07, 6.45) is 4.93. The number of nitrogens with zero attached hydrogens (tertiary/aromatic N) is 2. The molecule has 0 aliphatic rings. The van der Waals surface area contributed by atoms with E-state index in [2.05, 4.69) is 11.9 Å². The molecule has 0 amide bonds. The van der Waals surface area contributed by atoms with Gasteiger partial charge in [0.15, 0.2) is 4.96 Å². The number of aromatic nitrogens is 2. The lowest BCUT2D eigenvalue weighted by Gasteiger charge is -2.01. The van der Waals surface area contributed by atoms with Crippen molar-refractivity contribution < 1.29 is 0 Å². The summed E-state index contributed by atoms with van der Waals surface area (Å²) in [5, 5.41) is 2.02. The van der Waals surface area contributed by atoms with Crippen LogP contribution in [0.15, 0.2) is 17.8 Å². The summed E-state index contributed by atoms with van der Waals surface area (Å²) in [4.78, 5) is 5.42. The number of imidazole rings is 1. The van der Waals surface area contributed by atoms with E-state index >= 15 is 0 Å². The summed E-state index contributed by atoms with van der Waals surface area (Å²) in [5.74, 6) is 0. The van der Waals surface area contributed by atoms with E-state index in [1.54, 1.807) is 11.3 Å². The molecule has 2 N–H and O–H groups in total. The molecule has 2 heterocycles. The van der Waals surface area contributed by atoms with Gasteiger partial charge < -0.3 is 5.73 Å². The van der Waals surface area contributed by atoms with Gasteiger partial charge in [0.25, 0.3) is 0 Å². The fourth-order valence-electron chi connectivity index (χ4n) is 1.13. The molecule has 0 saturated heterocycles. The fourth-order valence-corrected chi connectivity index (χ4v) is 1.84. The third kappa shape index (κ3) is 1.13. The Morgan fingerprint density at radius 2 is 2.58 bits per heavy atom. The van der Waals surface area contributed by atoms with Crippen LogP contribution < -0.4 is 5.73 Å². The van der Waals surface area contributed by atoms with Gasteiger partial charge in [-0.05, 0) is 6.42 Å². The second-order valence-corrected chi connectivity index (χ2v) is 3.65. The van der Waals surface area contributed by atoms with Crippen LogP contribution in [-0.2, 0) is 0 Å². The van der Waals surface area contributed by atoms with E-state index in [4.69, 9.17) is 5.73 Å². The first-order chi connectivity index (χ1) is 5.81. The first-order valence-corrected chi connectivity index (χ1v) is 4.87. The van der Waals surface area contributed by atoms with Crippen molar-refractivity contribution in [1.29, 1.82) is 0 Å². The molecule has 2 rings (SSSR count). The molecular weight excluding hydrogens is 170 g/mol. The molecule has 1 atom stereocenters. The van der Waals surface area contributed by atoms with E-state index in [1.807, 2.05) is 22.2 Å². The van der Waals surface area contributed by atoms with Gasteiger partial charge in [-0.3, -0.25) is 4.40 Å². The molecule has 0 bridgehead atoms. The Morgan fingerprint density at radius 3 is 3.25 bits per heavy atom. The largest absolute Gasteiger partial charge is 0.323 e. The third-order valence-electron chi connectivity index (χ3n) is 1.93. The topological polar surface area (TPSA) is 43.3 Å². The number of hydrogen-bond acceptors (Lipinski definition) is 3. The van der Waals surface area contributed by atoms with Crippen LogP contribution in [-0.4, -0.2) is 9.38 Å². The van der Waals surface area contributed by atoms with Crippen molar-refractivity contribution in [1.82, 2.24) is 9.38 Å². The molecule has 2 aromatic heterocycles. The van der Waals surface area contributed by atoms with E-state index in [0.29, 0.717) is 0 Å². The van der Waals surface area contributed by atoms with Crippen LogP contribution in [0.2, 0.25) is 0 Å². The van der Waals surface area contributed by atoms with E-state index in [0.717, 1.165) is 17.1 Å². The summed E-state index contributed by atoms with van der Waals surface area (Å²) in [6.45, 7) is 2.07. The monoisotopic (exact) mass is 181 g/mol. The maximum atomic E-state index is 5.85. The highest BCUT2D eigenvalue weighted by Crippen LogP contribution is 2.16. The SMILES string of the molecule is CC[C@H](N)c1cn2ccsc2n1. The zero-order valence-electron chi connectivity index (χ0n) is 6.90. The van der Waals surface area contributed by atoms with E-state index in [-0.39, 0.29) is 6.04 Å².